The van der Waals surface area contributed by atoms with E-state index in [9.17, 15) is 0 Å². The summed E-state index contributed by atoms with van der Waals surface area (Å²) in [6, 6.07) is 7.88. The van der Waals surface area contributed by atoms with Gasteiger partial charge in [-0.05, 0) is 18.1 Å². The molecule has 0 N–H and O–H groups in total. The highest BCUT2D eigenvalue weighted by Crippen LogP contribution is 2.25. The van der Waals surface area contributed by atoms with Crippen LogP contribution in [-0.4, -0.2) is 19.2 Å². The van der Waals surface area contributed by atoms with E-state index in [0.29, 0.717) is 13.2 Å². The number of hydrogen-bond donors (Lipinski definition) is 0. The number of rotatable bonds is 3. The van der Waals surface area contributed by atoms with Gasteiger partial charge < -0.3 is 13.7 Å². The Labute approximate surface area is 87.6 Å². The lowest BCUT2D eigenvalue weighted by Gasteiger charge is -2.25. The molecule has 0 saturated carbocycles. The maximum absolute atomic E-state index is 5.57. The van der Waals surface area contributed by atoms with Crippen molar-refractivity contribution in [3.8, 4) is 5.75 Å². The average Bonchev–Trinajstić information content (AvgIpc) is 2.26. The average molecular weight is 212 g/mol. The van der Waals surface area contributed by atoms with E-state index in [4.69, 9.17) is 13.7 Å². The molecule has 3 nitrogen and oxygen atoms in total. The van der Waals surface area contributed by atoms with E-state index < -0.39 is 0 Å². The highest BCUT2D eigenvalue weighted by Gasteiger charge is 2.19. The largest absolute Gasteiger partial charge is 0.462 e. The molecule has 14 heavy (non-hydrogen) atoms. The Kier molecular flexibility index (Phi) is 3.29. The molecule has 1 aliphatic rings. The normalized spacial score (nSPS) is 19.9. The minimum Gasteiger partial charge on any atom is -0.462 e. The first-order valence-corrected chi connectivity index (χ1v) is 5.57. The van der Waals surface area contributed by atoms with E-state index in [1.54, 1.807) is 0 Å². The fourth-order valence-electron chi connectivity index (χ4n) is 1.30. The molecule has 1 atom stereocenters. The Morgan fingerprint density at radius 1 is 1.50 bits per heavy atom. The van der Waals surface area contributed by atoms with Crippen molar-refractivity contribution in [3.05, 3.63) is 29.8 Å². The Balaban J connectivity index is 1.99. The molecule has 1 aromatic carbocycles. The molecule has 0 radical (unpaired) electrons. The fourth-order valence-corrected chi connectivity index (χ4v) is 1.55. The first-order valence-electron chi connectivity index (χ1n) is 4.42. The lowest BCUT2D eigenvalue weighted by Crippen LogP contribution is -2.29. The maximum atomic E-state index is 5.57. The van der Waals surface area contributed by atoms with Gasteiger partial charge in [0.15, 0.2) is 0 Å². The zero-order chi connectivity index (χ0) is 9.80. The van der Waals surface area contributed by atoms with Crippen LogP contribution >= 0.6 is 12.0 Å². The monoisotopic (exact) mass is 212 g/mol. The molecule has 0 bridgehead atoms. The van der Waals surface area contributed by atoms with Crippen LogP contribution in [0.4, 0.5) is 0 Å². The molecule has 4 heteroatoms. The zero-order valence-electron chi connectivity index (χ0n) is 7.93. The van der Waals surface area contributed by atoms with Gasteiger partial charge in [0.05, 0.1) is 6.61 Å². The summed E-state index contributed by atoms with van der Waals surface area (Å²) >= 11 is 1.32. The topological polar surface area (TPSA) is 27.7 Å². The van der Waals surface area contributed by atoms with Crippen LogP contribution in [0.3, 0.4) is 0 Å². The second-order valence-electron chi connectivity index (χ2n) is 2.92. The van der Waals surface area contributed by atoms with Crippen molar-refractivity contribution in [1.82, 2.24) is 0 Å². The summed E-state index contributed by atoms with van der Waals surface area (Å²) in [5.74, 6) is 0.897. The predicted molar refractivity (Wildman–Crippen MR) is 55.1 cm³/mol. The first kappa shape index (κ1) is 9.83. The van der Waals surface area contributed by atoms with Crippen molar-refractivity contribution >= 4 is 12.0 Å². The van der Waals surface area contributed by atoms with Crippen LogP contribution in [0.5, 0.6) is 5.75 Å². The van der Waals surface area contributed by atoms with Gasteiger partial charge >= 0.3 is 0 Å². The minimum atomic E-state index is -0.280. The van der Waals surface area contributed by atoms with Crippen LogP contribution in [0.25, 0.3) is 0 Å². The molecular weight excluding hydrogens is 200 g/mol. The summed E-state index contributed by atoms with van der Waals surface area (Å²) in [6.45, 7) is 1.05. The van der Waals surface area contributed by atoms with Crippen LogP contribution in [0.15, 0.2) is 24.3 Å². The number of fused-ring (bicyclic) bond motifs is 1. The molecule has 1 unspecified atom stereocenters. The van der Waals surface area contributed by atoms with Crippen molar-refractivity contribution in [2.45, 2.75) is 12.9 Å². The van der Waals surface area contributed by atoms with Gasteiger partial charge in [0.1, 0.15) is 12.4 Å². The zero-order valence-corrected chi connectivity index (χ0v) is 8.75. The molecule has 1 aliphatic heterocycles. The van der Waals surface area contributed by atoms with Crippen molar-refractivity contribution in [2.75, 3.05) is 12.9 Å². The lowest BCUT2D eigenvalue weighted by molar-refractivity contribution is -0.123. The molecule has 0 fully saturated rings. The van der Waals surface area contributed by atoms with Gasteiger partial charge in [-0.3, -0.25) is 0 Å². The summed E-state index contributed by atoms with van der Waals surface area (Å²) < 4.78 is 16.2. The van der Waals surface area contributed by atoms with Gasteiger partial charge in [-0.25, -0.2) is 0 Å². The predicted octanol–water partition coefficient (Wildman–Crippen LogP) is 2.22. The molecular formula is C10H12O3S. The van der Waals surface area contributed by atoms with Gasteiger partial charge in [-0.1, -0.05) is 18.2 Å². The van der Waals surface area contributed by atoms with E-state index in [-0.39, 0.29) is 6.29 Å². The van der Waals surface area contributed by atoms with Gasteiger partial charge in [0, 0.05) is 11.8 Å². The van der Waals surface area contributed by atoms with Gasteiger partial charge in [0.2, 0.25) is 6.29 Å². The Morgan fingerprint density at radius 2 is 2.36 bits per heavy atom. The van der Waals surface area contributed by atoms with E-state index in [1.165, 1.54) is 12.0 Å². The maximum Gasteiger partial charge on any atom is 0.225 e. The quantitative estimate of drug-likeness (QED) is 0.718. The number of para-hydroxylation sites is 1. The van der Waals surface area contributed by atoms with Crippen LogP contribution in [0, 0.1) is 0 Å². The van der Waals surface area contributed by atoms with Crippen molar-refractivity contribution in [1.29, 1.82) is 0 Å². The second-order valence-corrected chi connectivity index (χ2v) is 3.49. The summed E-state index contributed by atoms with van der Waals surface area (Å²) in [4.78, 5) is 0. The molecule has 0 spiro atoms. The molecule has 0 aromatic heterocycles. The van der Waals surface area contributed by atoms with Crippen LogP contribution in [0.1, 0.15) is 5.56 Å². The van der Waals surface area contributed by atoms with Crippen LogP contribution in [0.2, 0.25) is 0 Å². The standard InChI is InChI=1S/C10H12O3S/c1-14-12-7-10-11-6-8-4-2-3-5-9(8)13-10/h2-5,10H,6-7H2,1H3. The lowest BCUT2D eigenvalue weighted by atomic mass is 10.2. The van der Waals surface area contributed by atoms with E-state index in [1.807, 2.05) is 30.5 Å². The van der Waals surface area contributed by atoms with Crippen LogP contribution < -0.4 is 4.74 Å². The summed E-state index contributed by atoms with van der Waals surface area (Å²) in [7, 11) is 0. The van der Waals surface area contributed by atoms with Crippen molar-refractivity contribution in [3.63, 3.8) is 0 Å². The second kappa shape index (κ2) is 4.68. The summed E-state index contributed by atoms with van der Waals surface area (Å²) in [5, 5.41) is 0. The summed E-state index contributed by atoms with van der Waals surface area (Å²) in [5.41, 5.74) is 1.09. The van der Waals surface area contributed by atoms with Gasteiger partial charge in [-0.15, -0.1) is 0 Å². The van der Waals surface area contributed by atoms with Gasteiger partial charge in [0.25, 0.3) is 0 Å². The van der Waals surface area contributed by atoms with E-state index >= 15 is 0 Å². The van der Waals surface area contributed by atoms with E-state index in [2.05, 4.69) is 0 Å². The SMILES string of the molecule is CSOCC1OCc2ccccc2O1. The third-order valence-corrected chi connectivity index (χ3v) is 2.35. The molecule has 0 saturated heterocycles. The van der Waals surface area contributed by atoms with Crippen molar-refractivity contribution < 1.29 is 13.7 Å². The van der Waals surface area contributed by atoms with Crippen LogP contribution in [-0.2, 0) is 15.5 Å². The number of hydrogen-bond acceptors (Lipinski definition) is 4. The van der Waals surface area contributed by atoms with E-state index in [0.717, 1.165) is 11.3 Å². The molecule has 0 amide bonds. The molecule has 0 aliphatic carbocycles. The Morgan fingerprint density at radius 3 is 3.21 bits per heavy atom. The third-order valence-electron chi connectivity index (χ3n) is 1.98. The molecule has 2 rings (SSSR count). The highest BCUT2D eigenvalue weighted by atomic mass is 32.2. The Hall–Kier alpha value is -0.710. The van der Waals surface area contributed by atoms with Gasteiger partial charge in [-0.2, -0.15) is 0 Å². The minimum absolute atomic E-state index is 0.280. The molecule has 76 valence electrons. The van der Waals surface area contributed by atoms with Crippen molar-refractivity contribution in [2.24, 2.45) is 0 Å². The first-order chi connectivity index (χ1) is 6.90. The third kappa shape index (κ3) is 2.20. The molecule has 1 heterocycles. The Bertz CT molecular complexity index is 303. The number of benzene rings is 1. The molecule has 1 aromatic rings. The number of ether oxygens (including phenoxy) is 2. The highest BCUT2D eigenvalue weighted by molar-refractivity contribution is 7.93. The summed E-state index contributed by atoms with van der Waals surface area (Å²) in [6.07, 6.45) is 1.59. The fraction of sp³-hybridized carbons (Fsp3) is 0.400. The smallest absolute Gasteiger partial charge is 0.225 e.